The van der Waals surface area contributed by atoms with Crippen molar-refractivity contribution >= 4 is 113 Å². The maximum atomic E-state index is 13.3. The maximum absolute atomic E-state index is 13.3. The molecule has 0 saturated carbocycles. The van der Waals surface area contributed by atoms with E-state index in [4.69, 9.17) is 29.4 Å². The van der Waals surface area contributed by atoms with Crippen molar-refractivity contribution < 1.29 is 57.2 Å². The van der Waals surface area contributed by atoms with Gasteiger partial charge in [0.1, 0.15) is 17.2 Å². The molecule has 0 radical (unpaired) electrons. The average Bonchev–Trinajstić information content (AvgIpc) is 1.51. The number of amides is 4. The van der Waals surface area contributed by atoms with Gasteiger partial charge in [0.2, 0.25) is 0 Å². The van der Waals surface area contributed by atoms with Crippen LogP contribution in [0.15, 0.2) is 233 Å². The first-order chi connectivity index (χ1) is 42.7. The minimum Gasteiger partial charge on any atom is -0.497 e. The largest absolute Gasteiger partial charge is 0.497 e. The summed E-state index contributed by atoms with van der Waals surface area (Å²) in [5, 5.41) is 3.32. The van der Waals surface area contributed by atoms with Gasteiger partial charge in [0.05, 0.1) is 88.8 Å². The van der Waals surface area contributed by atoms with Crippen molar-refractivity contribution in [2.75, 3.05) is 47.1 Å². The number of halogens is 2. The molecule has 4 amide bonds. The van der Waals surface area contributed by atoms with E-state index in [1.165, 1.54) is 9.80 Å². The first kappa shape index (κ1) is 58.7. The summed E-state index contributed by atoms with van der Waals surface area (Å²) >= 11 is 6.50. The van der Waals surface area contributed by atoms with Crippen LogP contribution in [0.2, 0.25) is 0 Å². The number of ether oxygens (including phenoxy) is 6. The Morgan fingerprint density at radius 3 is 1.20 bits per heavy atom. The van der Waals surface area contributed by atoms with Crippen LogP contribution in [0.25, 0.3) is 0 Å². The first-order valence-electron chi connectivity index (χ1n) is 27.0. The lowest BCUT2D eigenvalue weighted by atomic mass is 10.1. The summed E-state index contributed by atoms with van der Waals surface area (Å²) in [5.74, 6) is 2.93. The highest BCUT2D eigenvalue weighted by Crippen LogP contribution is 2.51. The average molecular weight is 1300 g/mol. The Morgan fingerprint density at radius 2 is 0.716 bits per heavy atom. The molecule has 5 aliphatic rings. The van der Waals surface area contributed by atoms with Gasteiger partial charge in [-0.3, -0.25) is 19.2 Å². The number of nitrogens with two attached hydrogens (primary N) is 1. The highest BCUT2D eigenvalue weighted by Gasteiger charge is 2.39. The van der Waals surface area contributed by atoms with Gasteiger partial charge in [-0.15, -0.1) is 0 Å². The molecule has 436 valence electrons. The zero-order valence-electron chi connectivity index (χ0n) is 46.9. The third-order valence-corrected chi connectivity index (χ3v) is 15.0. The molecule has 15 rings (SSSR count). The normalized spacial score (nSPS) is 13.1. The van der Waals surface area contributed by atoms with E-state index < -0.39 is 11.9 Å². The number of carbonyl (C=O) groups is 6. The number of para-hydroxylation sites is 8. The summed E-state index contributed by atoms with van der Waals surface area (Å²) < 4.78 is 32.9. The second-order valence-corrected chi connectivity index (χ2v) is 21.3. The van der Waals surface area contributed by atoms with E-state index in [-0.39, 0.29) is 23.6 Å². The summed E-state index contributed by atoms with van der Waals surface area (Å²) in [4.78, 5) is 77.4. The van der Waals surface area contributed by atoms with Crippen LogP contribution in [0.3, 0.4) is 0 Å². The second-order valence-electron chi connectivity index (χ2n) is 19.4. The monoisotopic (exact) mass is 1300 g/mol. The molecule has 0 unspecified atom stereocenters. The number of nitrogen functional groups attached to an aromatic ring is 1. The number of methoxy groups -OCH3 is 3. The molecule has 19 heteroatoms. The number of imide groups is 2. The van der Waals surface area contributed by atoms with Gasteiger partial charge in [-0.2, -0.15) is 0 Å². The number of carbonyl (C=O) groups excluding carboxylic acids is 6. The number of esters is 2. The Balaban J connectivity index is 0.000000124. The van der Waals surface area contributed by atoms with Crippen LogP contribution >= 0.6 is 31.9 Å². The molecule has 0 saturated heterocycles. The Kier molecular flexibility index (Phi) is 17.1. The van der Waals surface area contributed by atoms with Crippen LogP contribution < -0.4 is 49.4 Å². The van der Waals surface area contributed by atoms with Crippen molar-refractivity contribution in [3.8, 4) is 40.2 Å². The molecule has 17 nitrogen and oxygen atoms in total. The fourth-order valence-corrected chi connectivity index (χ4v) is 10.5. The number of benzene rings is 10. The third-order valence-electron chi connectivity index (χ3n) is 14.1. The van der Waals surface area contributed by atoms with Gasteiger partial charge in [0.15, 0.2) is 23.0 Å². The summed E-state index contributed by atoms with van der Waals surface area (Å²) in [6.07, 6.45) is 0. The number of fused-ring (bicyclic) bond motifs is 7. The third kappa shape index (κ3) is 12.1. The lowest BCUT2D eigenvalue weighted by Gasteiger charge is -2.32. The molecular weight excluding hydrogens is 1250 g/mol. The molecule has 0 spiro atoms. The molecule has 0 aromatic heterocycles. The van der Waals surface area contributed by atoms with Crippen molar-refractivity contribution in [2.24, 2.45) is 0 Å². The van der Waals surface area contributed by atoms with Crippen LogP contribution in [-0.2, 0) is 4.74 Å². The fourth-order valence-electron chi connectivity index (χ4n) is 9.74. The van der Waals surface area contributed by atoms with Gasteiger partial charge in [0.25, 0.3) is 23.6 Å². The topological polar surface area (TPSA) is 206 Å². The van der Waals surface area contributed by atoms with E-state index in [1.807, 2.05) is 120 Å². The van der Waals surface area contributed by atoms with Gasteiger partial charge < -0.3 is 44.4 Å². The zero-order valence-corrected chi connectivity index (χ0v) is 50.1. The minimum atomic E-state index is -0.573. The lowest BCUT2D eigenvalue weighted by molar-refractivity contribution is 0.0442. The van der Waals surface area contributed by atoms with Crippen molar-refractivity contribution in [2.45, 2.75) is 0 Å². The Morgan fingerprint density at radius 1 is 0.352 bits per heavy atom. The van der Waals surface area contributed by atoms with Crippen LogP contribution in [0.1, 0.15) is 62.1 Å². The molecule has 3 N–H and O–H groups in total. The molecular formula is C69H49Br2N5O12. The molecule has 0 aliphatic carbocycles. The smallest absolute Gasteiger partial charge is 0.346 e. The number of cyclic esters (lactones) is 2. The van der Waals surface area contributed by atoms with E-state index in [0.717, 1.165) is 71.8 Å². The van der Waals surface area contributed by atoms with Crippen molar-refractivity contribution in [3.05, 3.63) is 267 Å². The van der Waals surface area contributed by atoms with E-state index in [1.54, 1.807) is 131 Å². The summed E-state index contributed by atoms with van der Waals surface area (Å²) in [5.41, 5.74) is 14.0. The minimum absolute atomic E-state index is 0.303. The maximum Gasteiger partial charge on any atom is 0.346 e. The molecule has 5 aliphatic heterocycles. The summed E-state index contributed by atoms with van der Waals surface area (Å²) in [6, 6.07) is 67.5. The molecule has 10 aromatic carbocycles. The Labute approximate surface area is 521 Å². The number of anilines is 8. The molecule has 5 heterocycles. The molecule has 0 atom stereocenters. The number of hydrogen-bond donors (Lipinski definition) is 2. The van der Waals surface area contributed by atoms with Crippen LogP contribution in [0, 0.1) is 0 Å². The van der Waals surface area contributed by atoms with Gasteiger partial charge in [-0.1, -0.05) is 80.4 Å². The highest BCUT2D eigenvalue weighted by molar-refractivity contribution is 9.10. The number of rotatable bonds is 6. The standard InChI is InChI=1S/C27H18N2O4.C15H10BrNO3.C12H9NO.C8H3BrO3.C7H9NO/c1-32-19-13-10-17(11-14-19)29-26(30)20-15-12-18(16-21(20)27(29)31)28-22-6-2-4-8-24(22)33-25-9-5-3-7-23(25)28;1-20-11-5-3-10(4-6-11)17-14(18)12-7-2-9(16)8-13(12)15(17)19;1-3-7-11-9(5-1)13-10-6-2-4-8-12(10)14-11;9-4-1-2-5-6(3-4)8(11)12-7(5)10;1-9-7-4-2-6(8)3-5-7/h2-16H,1H3;2-8H,1H3;1-8,13H;1-3H;2-5H,8H2,1H3. The highest BCUT2D eigenvalue weighted by atomic mass is 79.9. The van der Waals surface area contributed by atoms with E-state index in [2.05, 4.69) is 41.9 Å². The molecule has 88 heavy (non-hydrogen) atoms. The zero-order chi connectivity index (χ0) is 61.6. The van der Waals surface area contributed by atoms with Crippen LogP contribution in [-0.4, -0.2) is 56.9 Å². The van der Waals surface area contributed by atoms with Crippen LogP contribution in [0.4, 0.5) is 45.5 Å². The SMILES string of the molecule is COc1ccc(N)cc1.COc1ccc(N2C(=O)c3ccc(Br)cc3C2=O)cc1.COc1ccc(N2C(=O)c3ccc(N4c5ccccc5Oc5ccccc54)cc3C2=O)cc1.O=C1OC(=O)c2cc(Br)ccc21.c1ccc2c(c1)Nc1ccccc1O2. The number of hydrogen-bond acceptors (Lipinski definition) is 15. The summed E-state index contributed by atoms with van der Waals surface area (Å²) in [7, 11) is 4.76. The van der Waals surface area contributed by atoms with E-state index in [0.29, 0.717) is 56.3 Å². The summed E-state index contributed by atoms with van der Waals surface area (Å²) in [6.45, 7) is 0. The predicted molar refractivity (Wildman–Crippen MR) is 341 cm³/mol. The van der Waals surface area contributed by atoms with Gasteiger partial charge >= 0.3 is 11.9 Å². The van der Waals surface area contributed by atoms with Crippen LogP contribution in [0.5, 0.6) is 40.2 Å². The Hall–Kier alpha value is -11.0. The van der Waals surface area contributed by atoms with Gasteiger partial charge in [-0.25, -0.2) is 19.4 Å². The fraction of sp³-hybridized carbons (Fsp3) is 0.0435. The van der Waals surface area contributed by atoms with Crippen molar-refractivity contribution in [3.63, 3.8) is 0 Å². The number of nitrogens with one attached hydrogen (secondary N) is 1. The number of nitrogens with zero attached hydrogens (tertiary/aromatic N) is 3. The van der Waals surface area contributed by atoms with Crippen molar-refractivity contribution in [1.29, 1.82) is 0 Å². The first-order valence-corrected chi connectivity index (χ1v) is 28.5. The predicted octanol–water partition coefficient (Wildman–Crippen LogP) is 15.9. The second kappa shape index (κ2) is 25.7. The van der Waals surface area contributed by atoms with Gasteiger partial charge in [-0.05, 0) is 176 Å². The quantitative estimate of drug-likeness (QED) is 0.0687. The molecule has 10 aromatic rings. The van der Waals surface area contributed by atoms with E-state index >= 15 is 0 Å². The molecule has 0 bridgehead atoms. The van der Waals surface area contributed by atoms with E-state index in [9.17, 15) is 28.8 Å². The molecule has 0 fully saturated rings. The van der Waals surface area contributed by atoms with Crippen molar-refractivity contribution in [1.82, 2.24) is 0 Å². The van der Waals surface area contributed by atoms with Gasteiger partial charge in [0, 0.05) is 20.3 Å². The Bertz CT molecular complexity index is 4240. The lowest BCUT2D eigenvalue weighted by Crippen LogP contribution is -2.29.